The molecular weight excluding hydrogens is 190 g/mol. The zero-order valence-electron chi connectivity index (χ0n) is 9.03. The van der Waals surface area contributed by atoms with Crippen molar-refractivity contribution >= 4 is 11.2 Å². The first-order valence-corrected chi connectivity index (χ1v) is 5.05. The summed E-state index contributed by atoms with van der Waals surface area (Å²) < 4.78 is 5.66. The van der Waals surface area contributed by atoms with Crippen LogP contribution in [0.1, 0.15) is 26.2 Å². The van der Waals surface area contributed by atoms with Gasteiger partial charge in [0.05, 0.1) is 0 Å². The molecule has 0 aliphatic heterocycles. The van der Waals surface area contributed by atoms with E-state index >= 15 is 0 Å². The Hall–Kier alpha value is -1.42. The first-order chi connectivity index (χ1) is 7.13. The van der Waals surface area contributed by atoms with Gasteiger partial charge in [-0.1, -0.05) is 13.8 Å². The Labute approximate surface area is 88.5 Å². The van der Waals surface area contributed by atoms with Gasteiger partial charge in [0.15, 0.2) is 11.2 Å². The topological polar surface area (TPSA) is 64.9 Å². The highest BCUT2D eigenvalue weighted by molar-refractivity contribution is 5.67. The van der Waals surface area contributed by atoms with Crippen LogP contribution in [-0.4, -0.2) is 16.5 Å². The molecule has 2 N–H and O–H groups in total. The molecule has 0 atom stereocenters. The van der Waals surface area contributed by atoms with Crippen LogP contribution in [0.15, 0.2) is 22.7 Å². The Morgan fingerprint density at radius 1 is 1.47 bits per heavy atom. The Bertz CT molecular complexity index is 429. The molecule has 2 rings (SSSR count). The third kappa shape index (κ3) is 1.85. The number of pyridine rings is 1. The zero-order valence-corrected chi connectivity index (χ0v) is 9.03. The number of hydrogen-bond acceptors (Lipinski definition) is 4. The third-order valence-electron chi connectivity index (χ3n) is 2.51. The van der Waals surface area contributed by atoms with Crippen LogP contribution in [0.2, 0.25) is 0 Å². The zero-order chi connectivity index (χ0) is 10.9. The molecule has 2 aromatic heterocycles. The van der Waals surface area contributed by atoms with E-state index in [1.165, 1.54) is 0 Å². The number of nitrogens with two attached hydrogens (primary N) is 1. The van der Waals surface area contributed by atoms with Gasteiger partial charge in [0.1, 0.15) is 0 Å². The molecule has 0 saturated heterocycles. The molecule has 0 fully saturated rings. The van der Waals surface area contributed by atoms with E-state index in [2.05, 4.69) is 23.8 Å². The number of hydrogen-bond donors (Lipinski definition) is 1. The Morgan fingerprint density at radius 3 is 2.93 bits per heavy atom. The maximum Gasteiger partial charge on any atom is 0.202 e. The van der Waals surface area contributed by atoms with E-state index in [4.69, 9.17) is 10.2 Å². The lowest BCUT2D eigenvalue weighted by Crippen LogP contribution is -2.21. The number of nitrogens with zero attached hydrogens (tertiary/aromatic N) is 2. The molecule has 0 amide bonds. The SMILES string of the molecule is CC(C)(CCN)c1nc2ncccc2o1. The molecule has 15 heavy (non-hydrogen) atoms. The smallest absolute Gasteiger partial charge is 0.202 e. The summed E-state index contributed by atoms with van der Waals surface area (Å²) in [4.78, 5) is 8.51. The first-order valence-electron chi connectivity index (χ1n) is 5.05. The fraction of sp³-hybridized carbons (Fsp3) is 0.455. The predicted octanol–water partition coefficient (Wildman–Crippen LogP) is 1.85. The van der Waals surface area contributed by atoms with E-state index in [0.29, 0.717) is 18.1 Å². The fourth-order valence-electron chi connectivity index (χ4n) is 1.53. The number of fused-ring (bicyclic) bond motifs is 1. The summed E-state index contributed by atoms with van der Waals surface area (Å²) >= 11 is 0. The molecule has 4 heteroatoms. The van der Waals surface area contributed by atoms with E-state index in [1.807, 2.05) is 12.1 Å². The maximum atomic E-state index is 5.66. The van der Waals surface area contributed by atoms with Gasteiger partial charge in [0.25, 0.3) is 0 Å². The van der Waals surface area contributed by atoms with Crippen LogP contribution in [0.4, 0.5) is 0 Å². The molecule has 4 nitrogen and oxygen atoms in total. The highest BCUT2D eigenvalue weighted by Gasteiger charge is 2.26. The average Bonchev–Trinajstić information content (AvgIpc) is 2.61. The van der Waals surface area contributed by atoms with E-state index in [0.717, 1.165) is 12.0 Å². The van der Waals surface area contributed by atoms with Crippen molar-refractivity contribution in [3.05, 3.63) is 24.2 Å². The molecule has 0 spiro atoms. The van der Waals surface area contributed by atoms with Crippen LogP contribution in [0.3, 0.4) is 0 Å². The second-order valence-electron chi connectivity index (χ2n) is 4.27. The minimum Gasteiger partial charge on any atom is -0.438 e. The Morgan fingerprint density at radius 2 is 2.27 bits per heavy atom. The van der Waals surface area contributed by atoms with Gasteiger partial charge in [-0.25, -0.2) is 4.98 Å². The van der Waals surface area contributed by atoms with E-state index in [1.54, 1.807) is 6.20 Å². The molecule has 2 aromatic rings. The molecule has 80 valence electrons. The third-order valence-corrected chi connectivity index (χ3v) is 2.51. The van der Waals surface area contributed by atoms with Crippen molar-refractivity contribution in [3.8, 4) is 0 Å². The average molecular weight is 205 g/mol. The molecule has 0 saturated carbocycles. The van der Waals surface area contributed by atoms with E-state index < -0.39 is 0 Å². The number of aromatic nitrogens is 2. The van der Waals surface area contributed by atoms with Crippen molar-refractivity contribution in [2.24, 2.45) is 5.73 Å². The van der Waals surface area contributed by atoms with Crippen LogP contribution in [0.25, 0.3) is 11.2 Å². The van der Waals surface area contributed by atoms with Gasteiger partial charge in [-0.05, 0) is 25.1 Å². The van der Waals surface area contributed by atoms with Gasteiger partial charge in [-0.3, -0.25) is 0 Å². The summed E-state index contributed by atoms with van der Waals surface area (Å²) in [6.45, 7) is 4.77. The minimum atomic E-state index is -0.130. The maximum absolute atomic E-state index is 5.66. The standard InChI is InChI=1S/C11H15N3O/c1-11(2,5-6-12)10-14-9-8(15-10)4-3-7-13-9/h3-4,7H,5-6,12H2,1-2H3. The summed E-state index contributed by atoms with van der Waals surface area (Å²) in [6, 6.07) is 3.71. The summed E-state index contributed by atoms with van der Waals surface area (Å²) in [5.74, 6) is 0.710. The van der Waals surface area contributed by atoms with E-state index in [-0.39, 0.29) is 5.41 Å². The van der Waals surface area contributed by atoms with Gasteiger partial charge in [-0.2, -0.15) is 4.98 Å². The predicted molar refractivity (Wildman–Crippen MR) is 58.5 cm³/mol. The minimum absolute atomic E-state index is 0.130. The van der Waals surface area contributed by atoms with Crippen molar-refractivity contribution in [2.45, 2.75) is 25.7 Å². The molecule has 0 aliphatic carbocycles. The quantitative estimate of drug-likeness (QED) is 0.830. The van der Waals surface area contributed by atoms with Crippen molar-refractivity contribution in [1.29, 1.82) is 0 Å². The summed E-state index contributed by atoms with van der Waals surface area (Å²) in [6.07, 6.45) is 2.56. The molecule has 0 radical (unpaired) electrons. The molecule has 0 bridgehead atoms. The lowest BCUT2D eigenvalue weighted by molar-refractivity contribution is 0.366. The van der Waals surface area contributed by atoms with Crippen molar-refractivity contribution in [2.75, 3.05) is 6.54 Å². The van der Waals surface area contributed by atoms with Gasteiger partial charge in [0, 0.05) is 11.6 Å². The fourth-order valence-corrected chi connectivity index (χ4v) is 1.53. The van der Waals surface area contributed by atoms with Crippen LogP contribution >= 0.6 is 0 Å². The second-order valence-corrected chi connectivity index (χ2v) is 4.27. The first kappa shape index (κ1) is 10.1. The van der Waals surface area contributed by atoms with Crippen molar-refractivity contribution < 1.29 is 4.42 Å². The molecule has 0 aliphatic rings. The van der Waals surface area contributed by atoms with Gasteiger partial charge in [0.2, 0.25) is 5.89 Å². The molecular formula is C11H15N3O. The second kappa shape index (κ2) is 3.62. The number of oxazole rings is 1. The highest BCUT2D eigenvalue weighted by atomic mass is 16.3. The molecule has 0 aromatic carbocycles. The van der Waals surface area contributed by atoms with Gasteiger partial charge < -0.3 is 10.2 Å². The highest BCUT2D eigenvalue weighted by Crippen LogP contribution is 2.27. The van der Waals surface area contributed by atoms with Gasteiger partial charge in [-0.15, -0.1) is 0 Å². The lowest BCUT2D eigenvalue weighted by Gasteiger charge is -2.18. The monoisotopic (exact) mass is 205 g/mol. The Balaban J connectivity index is 2.44. The molecule has 2 heterocycles. The molecule has 0 unspecified atom stereocenters. The van der Waals surface area contributed by atoms with Gasteiger partial charge >= 0.3 is 0 Å². The normalized spacial score (nSPS) is 12.2. The van der Waals surface area contributed by atoms with E-state index in [9.17, 15) is 0 Å². The number of rotatable bonds is 3. The van der Waals surface area contributed by atoms with Crippen LogP contribution in [0.5, 0.6) is 0 Å². The van der Waals surface area contributed by atoms with Crippen LogP contribution in [-0.2, 0) is 5.41 Å². The van der Waals surface area contributed by atoms with Crippen LogP contribution in [0, 0.1) is 0 Å². The van der Waals surface area contributed by atoms with Crippen molar-refractivity contribution in [3.63, 3.8) is 0 Å². The van der Waals surface area contributed by atoms with Crippen molar-refractivity contribution in [1.82, 2.24) is 9.97 Å². The lowest BCUT2D eigenvalue weighted by atomic mass is 9.89. The van der Waals surface area contributed by atoms with Crippen LogP contribution < -0.4 is 5.73 Å². The summed E-state index contributed by atoms with van der Waals surface area (Å²) in [5.41, 5.74) is 6.83. The summed E-state index contributed by atoms with van der Waals surface area (Å²) in [5, 5.41) is 0. The Kier molecular flexibility index (Phi) is 2.44. The summed E-state index contributed by atoms with van der Waals surface area (Å²) in [7, 11) is 0. The largest absolute Gasteiger partial charge is 0.438 e.